The van der Waals surface area contributed by atoms with Gasteiger partial charge in [-0.15, -0.1) is 0 Å². The Morgan fingerprint density at radius 1 is 1.73 bits per heavy atom. The minimum atomic E-state index is -0.233. The number of hydrogen-bond acceptors (Lipinski definition) is 3. The molecule has 0 saturated carbocycles. The van der Waals surface area contributed by atoms with E-state index < -0.39 is 0 Å². The van der Waals surface area contributed by atoms with E-state index in [0.29, 0.717) is 15.8 Å². The summed E-state index contributed by atoms with van der Waals surface area (Å²) in [7, 11) is 0. The fourth-order valence-electron chi connectivity index (χ4n) is 0.537. The number of thiophene rings is 1. The molecule has 0 amide bonds. The summed E-state index contributed by atoms with van der Waals surface area (Å²) in [5.74, 6) is -0.233. The van der Waals surface area contributed by atoms with Crippen LogP contribution in [0.4, 0.5) is 0 Å². The molecule has 1 aromatic heterocycles. The van der Waals surface area contributed by atoms with Crippen LogP contribution in [0.3, 0.4) is 0 Å². The number of halogens is 1. The monoisotopic (exact) mass is 190 g/mol. The maximum absolute atomic E-state index is 10.7. The average Bonchev–Trinajstić information content (AvgIpc) is 2.35. The van der Waals surface area contributed by atoms with Gasteiger partial charge in [0.25, 0.3) is 0 Å². The van der Waals surface area contributed by atoms with Crippen molar-refractivity contribution < 1.29 is 9.53 Å². The van der Waals surface area contributed by atoms with Crippen LogP contribution in [0.1, 0.15) is 13.3 Å². The zero-order chi connectivity index (χ0) is 8.27. The van der Waals surface area contributed by atoms with Crippen LogP contribution in [0.5, 0.6) is 5.06 Å². The second-order valence-electron chi connectivity index (χ2n) is 1.89. The molecule has 0 saturated heterocycles. The van der Waals surface area contributed by atoms with Crippen molar-refractivity contribution in [1.29, 1.82) is 0 Å². The van der Waals surface area contributed by atoms with Crippen LogP contribution < -0.4 is 4.74 Å². The van der Waals surface area contributed by atoms with Gasteiger partial charge in [-0.05, 0) is 12.1 Å². The topological polar surface area (TPSA) is 26.3 Å². The van der Waals surface area contributed by atoms with Crippen LogP contribution in [0, 0.1) is 0 Å². The van der Waals surface area contributed by atoms with Crippen molar-refractivity contribution in [2.24, 2.45) is 0 Å². The summed E-state index contributed by atoms with van der Waals surface area (Å²) in [6.07, 6.45) is 0.384. The van der Waals surface area contributed by atoms with E-state index >= 15 is 0 Å². The lowest BCUT2D eigenvalue weighted by atomic mass is 10.5. The highest BCUT2D eigenvalue weighted by molar-refractivity contribution is 7.17. The molecule has 0 fully saturated rings. The first-order valence-corrected chi connectivity index (χ1v) is 4.38. The fourth-order valence-corrected chi connectivity index (χ4v) is 1.43. The third kappa shape index (κ3) is 2.52. The van der Waals surface area contributed by atoms with E-state index in [-0.39, 0.29) is 5.97 Å². The normalized spacial score (nSPS) is 9.64. The maximum atomic E-state index is 10.7. The molecule has 0 spiro atoms. The number of carbonyl (C=O) groups is 1. The summed E-state index contributed by atoms with van der Waals surface area (Å²) in [5.41, 5.74) is 0. The Labute approximate surface area is 73.7 Å². The molecule has 1 heterocycles. The number of hydrogen-bond donors (Lipinski definition) is 0. The molecule has 0 aliphatic carbocycles. The van der Waals surface area contributed by atoms with Crippen LogP contribution in [0.25, 0.3) is 0 Å². The third-order valence-corrected chi connectivity index (χ3v) is 2.16. The molecule has 0 aliphatic heterocycles. The van der Waals surface area contributed by atoms with Gasteiger partial charge in [-0.2, -0.15) is 0 Å². The summed E-state index contributed by atoms with van der Waals surface area (Å²) in [6.45, 7) is 1.75. The highest BCUT2D eigenvalue weighted by Gasteiger charge is 2.03. The van der Waals surface area contributed by atoms with E-state index in [9.17, 15) is 4.79 Å². The highest BCUT2D eigenvalue weighted by Crippen LogP contribution is 2.28. The molecule has 1 aromatic rings. The van der Waals surface area contributed by atoms with Crippen LogP contribution in [0.15, 0.2) is 12.1 Å². The van der Waals surface area contributed by atoms with E-state index in [2.05, 4.69) is 0 Å². The fraction of sp³-hybridized carbons (Fsp3) is 0.286. The highest BCUT2D eigenvalue weighted by atomic mass is 35.5. The van der Waals surface area contributed by atoms with Gasteiger partial charge in [0, 0.05) is 6.42 Å². The molecule has 0 bridgehead atoms. The molecule has 0 atom stereocenters. The second kappa shape index (κ2) is 3.74. The number of esters is 1. The van der Waals surface area contributed by atoms with E-state index in [1.165, 1.54) is 11.3 Å². The van der Waals surface area contributed by atoms with Gasteiger partial charge in [-0.25, -0.2) is 0 Å². The lowest BCUT2D eigenvalue weighted by Crippen LogP contribution is -2.03. The quantitative estimate of drug-likeness (QED) is 0.671. The Balaban J connectivity index is 2.57. The molecular formula is C7H7ClO2S. The van der Waals surface area contributed by atoms with Gasteiger partial charge in [0.15, 0.2) is 5.06 Å². The van der Waals surface area contributed by atoms with Crippen LogP contribution in [0.2, 0.25) is 4.34 Å². The second-order valence-corrected chi connectivity index (χ2v) is 3.56. The molecular weight excluding hydrogens is 184 g/mol. The lowest BCUT2D eigenvalue weighted by Gasteiger charge is -1.95. The molecule has 11 heavy (non-hydrogen) atoms. The van der Waals surface area contributed by atoms with Crippen LogP contribution >= 0.6 is 22.9 Å². The van der Waals surface area contributed by atoms with Crippen molar-refractivity contribution in [3.63, 3.8) is 0 Å². The first kappa shape index (κ1) is 8.56. The molecule has 0 radical (unpaired) electrons. The van der Waals surface area contributed by atoms with Gasteiger partial charge in [0.1, 0.15) is 0 Å². The molecule has 0 unspecified atom stereocenters. The number of rotatable bonds is 2. The predicted molar refractivity (Wildman–Crippen MR) is 45.3 cm³/mol. The summed E-state index contributed by atoms with van der Waals surface area (Å²) in [6, 6.07) is 3.38. The van der Waals surface area contributed by atoms with Crippen LogP contribution in [-0.2, 0) is 4.79 Å². The zero-order valence-electron chi connectivity index (χ0n) is 5.96. The number of ether oxygens (including phenoxy) is 1. The van der Waals surface area contributed by atoms with Crippen molar-refractivity contribution in [2.45, 2.75) is 13.3 Å². The first-order valence-electron chi connectivity index (χ1n) is 3.18. The van der Waals surface area contributed by atoms with Gasteiger partial charge < -0.3 is 4.74 Å². The Bertz CT molecular complexity index is 257. The average molecular weight is 191 g/mol. The van der Waals surface area contributed by atoms with Gasteiger partial charge in [-0.3, -0.25) is 4.79 Å². The van der Waals surface area contributed by atoms with E-state index in [4.69, 9.17) is 16.3 Å². The smallest absolute Gasteiger partial charge is 0.311 e. The molecule has 4 heteroatoms. The van der Waals surface area contributed by atoms with Crippen LogP contribution in [-0.4, -0.2) is 5.97 Å². The summed E-state index contributed by atoms with van der Waals surface area (Å²) in [5, 5.41) is 0.557. The number of carbonyl (C=O) groups excluding carboxylic acids is 1. The lowest BCUT2D eigenvalue weighted by molar-refractivity contribution is -0.133. The summed E-state index contributed by atoms with van der Waals surface area (Å²) < 4.78 is 5.51. The molecule has 60 valence electrons. The largest absolute Gasteiger partial charge is 0.415 e. The van der Waals surface area contributed by atoms with Gasteiger partial charge in [0.2, 0.25) is 0 Å². The zero-order valence-corrected chi connectivity index (χ0v) is 7.54. The van der Waals surface area contributed by atoms with E-state index in [0.717, 1.165) is 0 Å². The summed E-state index contributed by atoms with van der Waals surface area (Å²) in [4.78, 5) is 10.7. The Kier molecular flexibility index (Phi) is 2.91. The molecule has 2 nitrogen and oxygen atoms in total. The van der Waals surface area contributed by atoms with Crippen molar-refractivity contribution in [3.8, 4) is 5.06 Å². The Morgan fingerprint density at radius 3 is 2.91 bits per heavy atom. The van der Waals surface area contributed by atoms with Gasteiger partial charge in [0.05, 0.1) is 4.34 Å². The molecule has 1 rings (SSSR count). The van der Waals surface area contributed by atoms with Gasteiger partial charge >= 0.3 is 5.97 Å². The minimum Gasteiger partial charge on any atom is -0.415 e. The van der Waals surface area contributed by atoms with Gasteiger partial charge in [-0.1, -0.05) is 29.9 Å². The third-order valence-electron chi connectivity index (χ3n) is 1.05. The van der Waals surface area contributed by atoms with Crippen molar-refractivity contribution >= 4 is 28.9 Å². The Hall–Kier alpha value is -0.540. The van der Waals surface area contributed by atoms with E-state index in [1.807, 2.05) is 0 Å². The molecule has 0 N–H and O–H groups in total. The molecule has 0 aromatic carbocycles. The summed E-state index contributed by atoms with van der Waals surface area (Å²) >= 11 is 6.87. The van der Waals surface area contributed by atoms with Crippen molar-refractivity contribution in [3.05, 3.63) is 16.5 Å². The maximum Gasteiger partial charge on any atom is 0.311 e. The predicted octanol–water partition coefficient (Wildman–Crippen LogP) is 2.72. The molecule has 0 aliphatic rings. The standard InChI is InChI=1S/C7H7ClO2S/c1-2-6(9)10-7-4-3-5(8)11-7/h3-4H,2H2,1H3. The SMILES string of the molecule is CCC(=O)Oc1ccc(Cl)s1. The first-order chi connectivity index (χ1) is 5.22. The Morgan fingerprint density at radius 2 is 2.45 bits per heavy atom. The van der Waals surface area contributed by atoms with Crippen molar-refractivity contribution in [1.82, 2.24) is 0 Å². The minimum absolute atomic E-state index is 0.233. The van der Waals surface area contributed by atoms with Crippen molar-refractivity contribution in [2.75, 3.05) is 0 Å². The van der Waals surface area contributed by atoms with E-state index in [1.54, 1.807) is 19.1 Å².